The van der Waals surface area contributed by atoms with Crippen molar-refractivity contribution in [3.8, 4) is 5.88 Å². The molecule has 0 atom stereocenters. The fraction of sp³-hybridized carbons (Fsp3) is 0.214. The molecule has 2 rings (SSSR count). The minimum atomic E-state index is -4.51. The molecule has 0 saturated carbocycles. The van der Waals surface area contributed by atoms with Crippen LogP contribution >= 0.6 is 15.9 Å². The van der Waals surface area contributed by atoms with Gasteiger partial charge in [0.05, 0.1) is 10.7 Å². The first-order valence-corrected chi connectivity index (χ1v) is 7.32. The van der Waals surface area contributed by atoms with E-state index >= 15 is 0 Å². The van der Waals surface area contributed by atoms with E-state index in [0.717, 1.165) is 11.8 Å². The van der Waals surface area contributed by atoms with Crippen molar-refractivity contribution < 1.29 is 27.4 Å². The molecule has 0 fully saturated rings. The zero-order valence-electron chi connectivity index (χ0n) is 12.0. The van der Waals surface area contributed by atoms with Gasteiger partial charge in [0.25, 0.3) is 0 Å². The monoisotopic (exact) mass is 405 g/mol. The lowest BCUT2D eigenvalue weighted by molar-refractivity contribution is -0.154. The van der Waals surface area contributed by atoms with Crippen LogP contribution in [0.15, 0.2) is 41.0 Å². The number of hydrogen-bond acceptors (Lipinski definition) is 5. The summed E-state index contributed by atoms with van der Waals surface area (Å²) in [6.07, 6.45) is -4.19. The fourth-order valence-electron chi connectivity index (χ4n) is 1.51. The standard InChI is InChI=1S/C14H11BrF3N3O3/c15-10-6-19-12(20-11(10)24-8-14(16,17)18)21-13(22)23-7-9-4-2-1-3-5-9/h1-6H,7-8H2,(H,19,20,21,22). The number of carbonyl (C=O) groups excluding carboxylic acids is 1. The molecule has 2 aromatic rings. The molecule has 1 amide bonds. The van der Waals surface area contributed by atoms with Gasteiger partial charge in [0.15, 0.2) is 6.61 Å². The Morgan fingerprint density at radius 3 is 2.62 bits per heavy atom. The molecule has 0 aliphatic heterocycles. The molecule has 0 radical (unpaired) electrons. The topological polar surface area (TPSA) is 73.3 Å². The van der Waals surface area contributed by atoms with Crippen molar-refractivity contribution in [3.05, 3.63) is 46.6 Å². The highest BCUT2D eigenvalue weighted by Gasteiger charge is 2.29. The van der Waals surface area contributed by atoms with Crippen LogP contribution in [-0.4, -0.2) is 28.8 Å². The zero-order chi connectivity index (χ0) is 17.6. The molecule has 0 aliphatic rings. The van der Waals surface area contributed by atoms with E-state index in [9.17, 15) is 18.0 Å². The SMILES string of the molecule is O=C(Nc1ncc(Br)c(OCC(F)(F)F)n1)OCc1ccccc1. The maximum Gasteiger partial charge on any atom is 0.422 e. The van der Waals surface area contributed by atoms with Crippen LogP contribution in [0.3, 0.4) is 0 Å². The normalized spacial score (nSPS) is 11.0. The highest BCUT2D eigenvalue weighted by molar-refractivity contribution is 9.10. The molecular formula is C14H11BrF3N3O3. The number of anilines is 1. The lowest BCUT2D eigenvalue weighted by atomic mass is 10.2. The Balaban J connectivity index is 1.93. The van der Waals surface area contributed by atoms with Gasteiger partial charge in [0, 0.05) is 0 Å². The van der Waals surface area contributed by atoms with Gasteiger partial charge in [-0.2, -0.15) is 18.2 Å². The highest BCUT2D eigenvalue weighted by atomic mass is 79.9. The summed E-state index contributed by atoms with van der Waals surface area (Å²) in [6, 6.07) is 8.94. The molecule has 1 N–H and O–H groups in total. The van der Waals surface area contributed by atoms with Crippen LogP contribution in [0.1, 0.15) is 5.56 Å². The molecule has 10 heteroatoms. The van der Waals surface area contributed by atoms with E-state index in [-0.39, 0.29) is 22.9 Å². The minimum Gasteiger partial charge on any atom is -0.467 e. The molecule has 128 valence electrons. The number of alkyl halides is 3. The Hall–Kier alpha value is -2.36. The number of ether oxygens (including phenoxy) is 2. The van der Waals surface area contributed by atoms with Crippen molar-refractivity contribution in [1.29, 1.82) is 0 Å². The second-order valence-electron chi connectivity index (χ2n) is 4.44. The lowest BCUT2D eigenvalue weighted by Crippen LogP contribution is -2.20. The number of aromatic nitrogens is 2. The van der Waals surface area contributed by atoms with Crippen molar-refractivity contribution >= 4 is 28.0 Å². The van der Waals surface area contributed by atoms with E-state index in [1.54, 1.807) is 24.3 Å². The van der Waals surface area contributed by atoms with Crippen LogP contribution < -0.4 is 10.1 Å². The molecule has 1 aromatic heterocycles. The van der Waals surface area contributed by atoms with Crippen molar-refractivity contribution in [2.75, 3.05) is 11.9 Å². The van der Waals surface area contributed by atoms with Crippen molar-refractivity contribution in [2.45, 2.75) is 12.8 Å². The Morgan fingerprint density at radius 2 is 1.96 bits per heavy atom. The lowest BCUT2D eigenvalue weighted by Gasteiger charge is -2.11. The predicted molar refractivity (Wildman–Crippen MR) is 81.5 cm³/mol. The summed E-state index contributed by atoms with van der Waals surface area (Å²) < 4.78 is 46.1. The molecule has 24 heavy (non-hydrogen) atoms. The number of nitrogens with zero attached hydrogens (tertiary/aromatic N) is 2. The van der Waals surface area contributed by atoms with E-state index in [1.165, 1.54) is 0 Å². The summed E-state index contributed by atoms with van der Waals surface area (Å²) in [4.78, 5) is 19.1. The molecule has 0 saturated heterocycles. The van der Waals surface area contributed by atoms with E-state index in [4.69, 9.17) is 4.74 Å². The summed E-state index contributed by atoms with van der Waals surface area (Å²) in [7, 11) is 0. The van der Waals surface area contributed by atoms with Gasteiger partial charge in [-0.15, -0.1) is 0 Å². The number of amides is 1. The Bertz CT molecular complexity index is 699. The Labute approximate surface area is 143 Å². The molecule has 0 spiro atoms. The third-order valence-corrected chi connectivity index (χ3v) is 3.06. The quantitative estimate of drug-likeness (QED) is 0.815. The van der Waals surface area contributed by atoms with Gasteiger partial charge in [-0.05, 0) is 21.5 Å². The summed E-state index contributed by atoms with van der Waals surface area (Å²) >= 11 is 2.96. The summed E-state index contributed by atoms with van der Waals surface area (Å²) in [5, 5.41) is 2.21. The van der Waals surface area contributed by atoms with Crippen LogP contribution in [-0.2, 0) is 11.3 Å². The van der Waals surface area contributed by atoms with Crippen LogP contribution in [0.5, 0.6) is 5.88 Å². The molecule has 1 heterocycles. The first kappa shape index (κ1) is 18.0. The number of rotatable bonds is 5. The molecule has 0 bridgehead atoms. The smallest absolute Gasteiger partial charge is 0.422 e. The second kappa shape index (κ2) is 7.95. The van der Waals surface area contributed by atoms with Crippen molar-refractivity contribution in [1.82, 2.24) is 9.97 Å². The number of carbonyl (C=O) groups is 1. The van der Waals surface area contributed by atoms with Crippen LogP contribution in [0.25, 0.3) is 0 Å². The second-order valence-corrected chi connectivity index (χ2v) is 5.29. The van der Waals surface area contributed by atoms with Gasteiger partial charge in [-0.25, -0.2) is 9.78 Å². The van der Waals surface area contributed by atoms with Gasteiger partial charge in [0.1, 0.15) is 6.61 Å². The summed E-state index contributed by atoms with van der Waals surface area (Å²) in [5.41, 5.74) is 0.776. The Morgan fingerprint density at radius 1 is 1.25 bits per heavy atom. The van der Waals surface area contributed by atoms with Gasteiger partial charge in [0.2, 0.25) is 11.8 Å². The highest BCUT2D eigenvalue weighted by Crippen LogP contribution is 2.25. The number of benzene rings is 1. The number of hydrogen-bond donors (Lipinski definition) is 1. The first-order valence-electron chi connectivity index (χ1n) is 6.53. The van der Waals surface area contributed by atoms with E-state index < -0.39 is 18.9 Å². The third kappa shape index (κ3) is 6.03. The van der Waals surface area contributed by atoms with Crippen molar-refractivity contribution in [3.63, 3.8) is 0 Å². The van der Waals surface area contributed by atoms with E-state index in [0.29, 0.717) is 0 Å². The van der Waals surface area contributed by atoms with Crippen LogP contribution in [0.4, 0.5) is 23.9 Å². The van der Waals surface area contributed by atoms with E-state index in [2.05, 4.69) is 36.0 Å². The van der Waals surface area contributed by atoms with Crippen LogP contribution in [0, 0.1) is 0 Å². The van der Waals surface area contributed by atoms with Gasteiger partial charge in [-0.3, -0.25) is 5.32 Å². The average Bonchev–Trinajstić information content (AvgIpc) is 2.53. The molecule has 1 aromatic carbocycles. The summed E-state index contributed by atoms with van der Waals surface area (Å²) in [6.45, 7) is -1.48. The average molecular weight is 406 g/mol. The van der Waals surface area contributed by atoms with Crippen molar-refractivity contribution in [2.24, 2.45) is 0 Å². The van der Waals surface area contributed by atoms with Gasteiger partial charge >= 0.3 is 12.3 Å². The maximum absolute atomic E-state index is 12.2. The van der Waals surface area contributed by atoms with Gasteiger partial charge in [-0.1, -0.05) is 30.3 Å². The predicted octanol–water partition coefficient (Wildman–Crippen LogP) is 3.93. The molecule has 0 aliphatic carbocycles. The third-order valence-electron chi connectivity index (χ3n) is 2.51. The molecule has 6 nitrogen and oxygen atoms in total. The first-order chi connectivity index (χ1) is 11.3. The minimum absolute atomic E-state index is 0.0284. The van der Waals surface area contributed by atoms with Crippen LogP contribution in [0.2, 0.25) is 0 Å². The maximum atomic E-state index is 12.2. The number of nitrogens with one attached hydrogen (secondary N) is 1. The number of halogens is 4. The fourth-order valence-corrected chi connectivity index (χ4v) is 1.82. The largest absolute Gasteiger partial charge is 0.467 e. The molecule has 0 unspecified atom stereocenters. The zero-order valence-corrected chi connectivity index (χ0v) is 13.6. The van der Waals surface area contributed by atoms with Gasteiger partial charge < -0.3 is 9.47 Å². The summed E-state index contributed by atoms with van der Waals surface area (Å²) in [5.74, 6) is -0.589. The Kier molecular flexibility index (Phi) is 5.96. The molecular weight excluding hydrogens is 395 g/mol. The van der Waals surface area contributed by atoms with E-state index in [1.807, 2.05) is 6.07 Å².